The highest BCUT2D eigenvalue weighted by atomic mass is 32.2. The van der Waals surface area contributed by atoms with E-state index in [1.807, 2.05) is 0 Å². The molecule has 0 saturated carbocycles. The molecule has 0 bridgehead atoms. The molecule has 1 saturated heterocycles. The van der Waals surface area contributed by atoms with Crippen LogP contribution in [0.25, 0.3) is 0 Å². The van der Waals surface area contributed by atoms with Crippen molar-refractivity contribution in [1.82, 2.24) is 19.8 Å². The summed E-state index contributed by atoms with van der Waals surface area (Å²) in [7, 11) is -1.86. The van der Waals surface area contributed by atoms with Crippen molar-refractivity contribution < 1.29 is 8.42 Å². The summed E-state index contributed by atoms with van der Waals surface area (Å²) in [6.07, 6.45) is 3.73. The summed E-state index contributed by atoms with van der Waals surface area (Å²) in [4.78, 5) is 0. The second kappa shape index (κ2) is 5.22. The van der Waals surface area contributed by atoms with Crippen LogP contribution in [0.2, 0.25) is 0 Å². The van der Waals surface area contributed by atoms with Gasteiger partial charge in [-0.3, -0.25) is 4.68 Å². The maximum Gasteiger partial charge on any atom is 0.257 e. The normalized spacial score (nSPS) is 23.4. The topological polar surface area (TPSA) is 76.0 Å². The number of nitrogens with zero attached hydrogens (tertiary/aromatic N) is 2. The van der Waals surface area contributed by atoms with Crippen LogP contribution in [-0.4, -0.2) is 37.3 Å². The first-order chi connectivity index (χ1) is 8.83. The maximum atomic E-state index is 12.2. The first-order valence-electron chi connectivity index (χ1n) is 6.54. The van der Waals surface area contributed by atoms with Crippen LogP contribution in [0.4, 0.5) is 0 Å². The van der Waals surface area contributed by atoms with Gasteiger partial charge in [0.15, 0.2) is 5.03 Å². The van der Waals surface area contributed by atoms with Gasteiger partial charge in [0.2, 0.25) is 0 Å². The van der Waals surface area contributed by atoms with Crippen molar-refractivity contribution in [3.8, 4) is 0 Å². The number of sulfonamides is 1. The minimum atomic E-state index is -3.49. The van der Waals surface area contributed by atoms with Crippen LogP contribution in [0.5, 0.6) is 0 Å². The van der Waals surface area contributed by atoms with Crippen molar-refractivity contribution in [2.75, 3.05) is 13.1 Å². The molecule has 0 aromatic carbocycles. The van der Waals surface area contributed by atoms with E-state index < -0.39 is 10.0 Å². The van der Waals surface area contributed by atoms with Crippen molar-refractivity contribution in [1.29, 1.82) is 0 Å². The predicted octanol–water partition coefficient (Wildman–Crippen LogP) is 0.477. The molecule has 1 unspecified atom stereocenters. The molecule has 1 aliphatic rings. The summed E-state index contributed by atoms with van der Waals surface area (Å²) in [5.74, 6) is 0. The predicted molar refractivity (Wildman–Crippen MR) is 73.2 cm³/mol. The average Bonchev–Trinajstić information content (AvgIpc) is 2.74. The zero-order valence-electron chi connectivity index (χ0n) is 11.7. The molecule has 0 amide bonds. The molecule has 1 aliphatic heterocycles. The first-order valence-corrected chi connectivity index (χ1v) is 8.02. The molecule has 2 heterocycles. The molecule has 19 heavy (non-hydrogen) atoms. The number of aromatic nitrogens is 2. The van der Waals surface area contributed by atoms with Crippen molar-refractivity contribution in [2.24, 2.45) is 12.5 Å². The highest BCUT2D eigenvalue weighted by Gasteiger charge is 2.33. The SMILES string of the molecule is Cn1nccc1S(=O)(=O)NCC1NCCCC1(C)C. The van der Waals surface area contributed by atoms with E-state index in [-0.39, 0.29) is 16.5 Å². The smallest absolute Gasteiger partial charge is 0.257 e. The number of nitrogens with one attached hydrogen (secondary N) is 2. The first kappa shape index (κ1) is 14.5. The average molecular weight is 286 g/mol. The van der Waals surface area contributed by atoms with E-state index in [1.54, 1.807) is 7.05 Å². The zero-order chi connectivity index (χ0) is 14.1. The number of hydrogen-bond donors (Lipinski definition) is 2. The number of rotatable bonds is 4. The Kier molecular flexibility index (Phi) is 3.98. The lowest BCUT2D eigenvalue weighted by Gasteiger charge is -2.39. The molecular weight excluding hydrogens is 264 g/mol. The zero-order valence-corrected chi connectivity index (χ0v) is 12.5. The van der Waals surface area contributed by atoms with Crippen LogP contribution in [-0.2, 0) is 17.1 Å². The van der Waals surface area contributed by atoms with E-state index in [1.165, 1.54) is 16.9 Å². The Labute approximate surface area is 114 Å². The van der Waals surface area contributed by atoms with Gasteiger partial charge in [-0.2, -0.15) is 5.10 Å². The highest BCUT2D eigenvalue weighted by Crippen LogP contribution is 2.29. The Hall–Kier alpha value is -0.920. The van der Waals surface area contributed by atoms with Gasteiger partial charge in [0.25, 0.3) is 10.0 Å². The standard InChI is InChI=1S/C12H22N4O2S/c1-12(2)6-4-7-13-10(12)9-15-19(17,18)11-5-8-14-16(11)3/h5,8,10,13,15H,4,6-7,9H2,1-3H3. The van der Waals surface area contributed by atoms with E-state index in [0.717, 1.165) is 19.4 Å². The molecule has 0 aliphatic carbocycles. The number of piperidine rings is 1. The lowest BCUT2D eigenvalue weighted by atomic mass is 9.78. The van der Waals surface area contributed by atoms with E-state index in [2.05, 4.69) is 29.0 Å². The molecule has 6 nitrogen and oxygen atoms in total. The fourth-order valence-electron chi connectivity index (χ4n) is 2.51. The molecule has 108 valence electrons. The van der Waals surface area contributed by atoms with E-state index >= 15 is 0 Å². The van der Waals surface area contributed by atoms with Crippen LogP contribution < -0.4 is 10.0 Å². The van der Waals surface area contributed by atoms with Gasteiger partial charge >= 0.3 is 0 Å². The van der Waals surface area contributed by atoms with Gasteiger partial charge in [-0.15, -0.1) is 0 Å². The molecule has 2 rings (SSSR count). The summed E-state index contributed by atoms with van der Waals surface area (Å²) in [6.45, 7) is 5.69. The number of hydrogen-bond acceptors (Lipinski definition) is 4. The van der Waals surface area contributed by atoms with Crippen LogP contribution in [0.3, 0.4) is 0 Å². The summed E-state index contributed by atoms with van der Waals surface area (Å²) in [6, 6.07) is 1.66. The van der Waals surface area contributed by atoms with Gasteiger partial charge < -0.3 is 5.32 Å². The Morgan fingerprint density at radius 1 is 1.58 bits per heavy atom. The van der Waals surface area contributed by atoms with E-state index in [9.17, 15) is 8.42 Å². The van der Waals surface area contributed by atoms with Crippen molar-refractivity contribution in [3.05, 3.63) is 12.3 Å². The highest BCUT2D eigenvalue weighted by molar-refractivity contribution is 7.89. The molecule has 0 radical (unpaired) electrons. The van der Waals surface area contributed by atoms with Gasteiger partial charge in [0.05, 0.1) is 6.20 Å². The van der Waals surface area contributed by atoms with Gasteiger partial charge in [-0.25, -0.2) is 13.1 Å². The van der Waals surface area contributed by atoms with Gasteiger partial charge in [0.1, 0.15) is 0 Å². The Morgan fingerprint density at radius 2 is 2.32 bits per heavy atom. The van der Waals surface area contributed by atoms with Crippen LogP contribution >= 0.6 is 0 Å². The van der Waals surface area contributed by atoms with Crippen LogP contribution in [0.15, 0.2) is 17.3 Å². The molecule has 1 aromatic heterocycles. The quantitative estimate of drug-likeness (QED) is 0.844. The molecule has 1 aromatic rings. The van der Waals surface area contributed by atoms with E-state index in [4.69, 9.17) is 0 Å². The molecule has 7 heteroatoms. The second-order valence-corrected chi connectivity index (χ2v) is 7.46. The fourth-order valence-corrected chi connectivity index (χ4v) is 3.68. The molecule has 1 atom stereocenters. The van der Waals surface area contributed by atoms with Crippen molar-refractivity contribution in [3.63, 3.8) is 0 Å². The largest absolute Gasteiger partial charge is 0.312 e. The Morgan fingerprint density at radius 3 is 2.89 bits per heavy atom. The summed E-state index contributed by atoms with van der Waals surface area (Å²) in [5.41, 5.74) is 0.104. The Balaban J connectivity index is 2.04. The lowest BCUT2D eigenvalue weighted by Crippen LogP contribution is -2.52. The number of aryl methyl sites for hydroxylation is 1. The van der Waals surface area contributed by atoms with Gasteiger partial charge in [-0.1, -0.05) is 13.8 Å². The summed E-state index contributed by atoms with van der Waals surface area (Å²) >= 11 is 0. The minimum absolute atomic E-state index is 0.104. The fraction of sp³-hybridized carbons (Fsp3) is 0.750. The van der Waals surface area contributed by atoms with Gasteiger partial charge in [0, 0.05) is 19.6 Å². The van der Waals surface area contributed by atoms with Crippen LogP contribution in [0.1, 0.15) is 26.7 Å². The lowest BCUT2D eigenvalue weighted by molar-refractivity contribution is 0.181. The molecule has 2 N–H and O–H groups in total. The minimum Gasteiger partial charge on any atom is -0.312 e. The summed E-state index contributed by atoms with van der Waals surface area (Å²) in [5, 5.41) is 7.48. The van der Waals surface area contributed by atoms with Gasteiger partial charge in [-0.05, 0) is 30.9 Å². The van der Waals surface area contributed by atoms with Crippen LogP contribution in [0, 0.1) is 5.41 Å². The third-order valence-electron chi connectivity index (χ3n) is 3.86. The summed E-state index contributed by atoms with van der Waals surface area (Å²) < 4.78 is 28.4. The second-order valence-electron chi connectivity index (χ2n) is 5.74. The molecular formula is C12H22N4O2S. The maximum absolute atomic E-state index is 12.2. The van der Waals surface area contributed by atoms with Crippen molar-refractivity contribution >= 4 is 10.0 Å². The Bertz CT molecular complexity index is 536. The molecule has 0 spiro atoms. The van der Waals surface area contributed by atoms with Crippen molar-refractivity contribution in [2.45, 2.75) is 37.8 Å². The third-order valence-corrected chi connectivity index (χ3v) is 5.36. The monoisotopic (exact) mass is 286 g/mol. The third kappa shape index (κ3) is 3.16. The van der Waals surface area contributed by atoms with E-state index in [0.29, 0.717) is 6.54 Å². The molecule has 1 fully saturated rings.